The molecule has 3 aromatic carbocycles. The van der Waals surface area contributed by atoms with Gasteiger partial charge in [0.2, 0.25) is 5.91 Å². The summed E-state index contributed by atoms with van der Waals surface area (Å²) in [5.74, 6) is -1.67. The number of anilines is 2. The van der Waals surface area contributed by atoms with Gasteiger partial charge in [0.05, 0.1) is 21.3 Å². The van der Waals surface area contributed by atoms with Crippen molar-refractivity contribution in [3.05, 3.63) is 81.8 Å². The molecule has 0 aliphatic carbocycles. The van der Waals surface area contributed by atoms with Crippen LogP contribution >= 0.6 is 23.2 Å². The topological polar surface area (TPSA) is 113 Å². The van der Waals surface area contributed by atoms with E-state index in [-0.39, 0.29) is 27.0 Å². The second kappa shape index (κ2) is 17.4. The maximum Gasteiger partial charge on any atom is 0.255 e. The van der Waals surface area contributed by atoms with Crippen LogP contribution in [0.4, 0.5) is 11.4 Å². The van der Waals surface area contributed by atoms with Crippen LogP contribution in [0.15, 0.2) is 65.6 Å². The van der Waals surface area contributed by atoms with Gasteiger partial charge in [0, 0.05) is 16.7 Å². The van der Waals surface area contributed by atoms with Crippen molar-refractivity contribution in [3.8, 4) is 5.75 Å². The fourth-order valence-corrected chi connectivity index (χ4v) is 6.40. The van der Waals surface area contributed by atoms with Crippen LogP contribution in [0.5, 0.6) is 5.75 Å². The smallest absolute Gasteiger partial charge is 0.255 e. The Kier molecular flexibility index (Phi) is 14.0. The number of nitrogens with one attached hydrogen (secondary N) is 2. The molecule has 1 atom stereocenters. The summed E-state index contributed by atoms with van der Waals surface area (Å²) in [5.41, 5.74) is 1.40. The van der Waals surface area contributed by atoms with Gasteiger partial charge < -0.3 is 15.7 Å². The summed E-state index contributed by atoms with van der Waals surface area (Å²) in [6.07, 6.45) is 13.5. The largest absolute Gasteiger partial charge is 0.506 e. The van der Waals surface area contributed by atoms with Gasteiger partial charge in [0.15, 0.2) is 9.84 Å². The standard InChI is InChI=1S/C34H42Cl2N2O5S/c1-3-4-5-6-7-8-9-10-11-12-13-25-14-20-28(21-15-25)44(42,43)24(2)33(40)37-30-23-32(39)31(22-29(30)36)38-34(41)26-16-18-27(35)19-17-26/h14-24,39H,3-13H2,1-2H3,(H,37,40)(H,38,41). The lowest BCUT2D eigenvalue weighted by molar-refractivity contribution is -0.115. The van der Waals surface area contributed by atoms with Gasteiger partial charge >= 0.3 is 0 Å². The first-order valence-electron chi connectivity index (χ1n) is 15.3. The molecule has 2 amide bonds. The molecule has 0 bridgehead atoms. The second-order valence-corrected chi connectivity index (χ2v) is 14.2. The molecule has 0 aliphatic rings. The maximum absolute atomic E-state index is 13.2. The number of hydrogen-bond donors (Lipinski definition) is 3. The van der Waals surface area contributed by atoms with E-state index in [9.17, 15) is 23.1 Å². The predicted molar refractivity (Wildman–Crippen MR) is 180 cm³/mol. The highest BCUT2D eigenvalue weighted by Crippen LogP contribution is 2.34. The van der Waals surface area contributed by atoms with Crippen LogP contribution in [-0.4, -0.2) is 30.6 Å². The first kappa shape index (κ1) is 35.4. The van der Waals surface area contributed by atoms with Crippen molar-refractivity contribution < 1.29 is 23.1 Å². The Morgan fingerprint density at radius 1 is 0.773 bits per heavy atom. The monoisotopic (exact) mass is 660 g/mol. The molecular weight excluding hydrogens is 619 g/mol. The second-order valence-electron chi connectivity index (χ2n) is 11.1. The van der Waals surface area contributed by atoms with E-state index in [4.69, 9.17) is 23.2 Å². The minimum absolute atomic E-state index is 0.00322. The number of hydrogen-bond acceptors (Lipinski definition) is 5. The van der Waals surface area contributed by atoms with Gasteiger partial charge in [0.1, 0.15) is 11.0 Å². The Hall–Kier alpha value is -3.07. The minimum Gasteiger partial charge on any atom is -0.506 e. The molecule has 0 fully saturated rings. The molecule has 0 radical (unpaired) electrons. The van der Waals surface area contributed by atoms with E-state index in [0.717, 1.165) is 30.9 Å². The third kappa shape index (κ3) is 10.5. The fraction of sp³-hybridized carbons (Fsp3) is 0.412. The minimum atomic E-state index is -3.98. The molecule has 0 spiro atoms. The number of aryl methyl sites for hydroxylation is 1. The molecule has 0 aliphatic heterocycles. The Balaban J connectivity index is 1.51. The molecule has 0 saturated heterocycles. The number of carbonyl (C=O) groups excluding carboxylic acids is 2. The summed E-state index contributed by atoms with van der Waals surface area (Å²) >= 11 is 12.2. The third-order valence-corrected chi connectivity index (χ3v) is 10.2. The van der Waals surface area contributed by atoms with Crippen molar-refractivity contribution in [3.63, 3.8) is 0 Å². The van der Waals surface area contributed by atoms with Crippen LogP contribution in [0.25, 0.3) is 0 Å². The summed E-state index contributed by atoms with van der Waals surface area (Å²) in [6, 6.07) is 15.3. The average Bonchev–Trinajstić information content (AvgIpc) is 3.00. The lowest BCUT2D eigenvalue weighted by Gasteiger charge is -2.16. The Morgan fingerprint density at radius 2 is 1.34 bits per heavy atom. The van der Waals surface area contributed by atoms with Gasteiger partial charge in [-0.2, -0.15) is 0 Å². The molecular formula is C34H42Cl2N2O5S. The van der Waals surface area contributed by atoms with Crippen LogP contribution < -0.4 is 10.6 Å². The highest BCUT2D eigenvalue weighted by Gasteiger charge is 2.30. The van der Waals surface area contributed by atoms with Gasteiger partial charge in [-0.3, -0.25) is 9.59 Å². The molecule has 1 unspecified atom stereocenters. The van der Waals surface area contributed by atoms with Crippen molar-refractivity contribution >= 4 is 56.2 Å². The lowest BCUT2D eigenvalue weighted by atomic mass is 10.0. The Morgan fingerprint density at radius 3 is 1.93 bits per heavy atom. The molecule has 7 nitrogen and oxygen atoms in total. The molecule has 44 heavy (non-hydrogen) atoms. The van der Waals surface area contributed by atoms with Crippen LogP contribution in [0.2, 0.25) is 10.0 Å². The van der Waals surface area contributed by atoms with Crippen molar-refractivity contribution in [1.29, 1.82) is 0 Å². The van der Waals surface area contributed by atoms with E-state index in [1.165, 1.54) is 76.5 Å². The lowest BCUT2D eigenvalue weighted by Crippen LogP contribution is -2.32. The van der Waals surface area contributed by atoms with Crippen LogP contribution in [0, 0.1) is 0 Å². The van der Waals surface area contributed by atoms with Crippen molar-refractivity contribution in [2.45, 2.75) is 94.6 Å². The molecule has 238 valence electrons. The number of phenols is 1. The van der Waals surface area contributed by atoms with Gasteiger partial charge in [-0.05, 0) is 67.8 Å². The Bertz CT molecular complexity index is 1490. The van der Waals surface area contributed by atoms with Crippen molar-refractivity contribution in [1.82, 2.24) is 0 Å². The summed E-state index contributed by atoms with van der Waals surface area (Å²) in [6.45, 7) is 3.53. The van der Waals surface area contributed by atoms with Crippen LogP contribution in [0.3, 0.4) is 0 Å². The van der Waals surface area contributed by atoms with Gasteiger partial charge in [0.25, 0.3) is 5.91 Å². The van der Waals surface area contributed by atoms with Crippen molar-refractivity contribution in [2.24, 2.45) is 0 Å². The first-order valence-corrected chi connectivity index (χ1v) is 17.6. The normalized spacial score (nSPS) is 12.1. The van der Waals surface area contributed by atoms with Crippen LogP contribution in [0.1, 0.15) is 94.0 Å². The Labute approximate surface area is 271 Å². The van der Waals surface area contributed by atoms with E-state index >= 15 is 0 Å². The van der Waals surface area contributed by atoms with E-state index in [1.54, 1.807) is 36.4 Å². The van der Waals surface area contributed by atoms with Gasteiger partial charge in [-0.15, -0.1) is 0 Å². The summed E-state index contributed by atoms with van der Waals surface area (Å²) < 4.78 is 26.4. The van der Waals surface area contributed by atoms with Crippen LogP contribution in [-0.2, 0) is 21.1 Å². The summed E-state index contributed by atoms with van der Waals surface area (Å²) in [5, 5.41) is 14.5. The quantitative estimate of drug-likeness (QED) is 0.0986. The molecule has 3 rings (SSSR count). The number of benzene rings is 3. The molecule has 0 aromatic heterocycles. The third-order valence-electron chi connectivity index (χ3n) is 7.60. The highest BCUT2D eigenvalue weighted by molar-refractivity contribution is 7.92. The molecule has 0 heterocycles. The number of carbonyl (C=O) groups is 2. The van der Waals surface area contributed by atoms with Gasteiger partial charge in [-0.1, -0.05) is 100 Å². The molecule has 3 N–H and O–H groups in total. The molecule has 3 aromatic rings. The SMILES string of the molecule is CCCCCCCCCCCCc1ccc(S(=O)(=O)C(C)C(=O)Nc2cc(O)c(NC(=O)c3ccc(Cl)cc3)cc2Cl)cc1. The van der Waals surface area contributed by atoms with Crippen molar-refractivity contribution in [2.75, 3.05) is 10.6 Å². The van der Waals surface area contributed by atoms with E-state index in [1.807, 2.05) is 0 Å². The fourth-order valence-electron chi connectivity index (χ4n) is 4.80. The number of unbranched alkanes of at least 4 members (excludes halogenated alkanes) is 9. The zero-order valence-electron chi connectivity index (χ0n) is 25.4. The van der Waals surface area contributed by atoms with E-state index in [2.05, 4.69) is 17.6 Å². The number of rotatable bonds is 17. The number of amides is 2. The van der Waals surface area contributed by atoms with E-state index in [0.29, 0.717) is 10.6 Å². The summed E-state index contributed by atoms with van der Waals surface area (Å²) in [4.78, 5) is 25.5. The van der Waals surface area contributed by atoms with Gasteiger partial charge in [-0.25, -0.2) is 8.42 Å². The maximum atomic E-state index is 13.2. The summed E-state index contributed by atoms with van der Waals surface area (Å²) in [7, 11) is -3.98. The number of aromatic hydroxyl groups is 1. The number of halogens is 2. The zero-order chi connectivity index (χ0) is 32.1. The number of phenolic OH excluding ortho intramolecular Hbond substituents is 1. The molecule has 10 heteroatoms. The zero-order valence-corrected chi connectivity index (χ0v) is 27.7. The average molecular weight is 662 g/mol. The predicted octanol–water partition coefficient (Wildman–Crippen LogP) is 9.22. The first-order chi connectivity index (χ1) is 21.0. The molecule has 0 saturated carbocycles. The van der Waals surface area contributed by atoms with E-state index < -0.39 is 26.9 Å². The highest BCUT2D eigenvalue weighted by atomic mass is 35.5. The number of sulfone groups is 1.